The Morgan fingerprint density at radius 2 is 1.05 bits per heavy atom. The van der Waals surface area contributed by atoms with Gasteiger partial charge in [-0.1, -0.05) is 134 Å². The summed E-state index contributed by atoms with van der Waals surface area (Å²) in [6.07, 6.45) is 18.3. The van der Waals surface area contributed by atoms with E-state index in [4.69, 9.17) is 9.47 Å². The van der Waals surface area contributed by atoms with Gasteiger partial charge in [0.25, 0.3) is 0 Å². The molecular formula is C39H52O4. The van der Waals surface area contributed by atoms with Crippen molar-refractivity contribution in [1.29, 1.82) is 0 Å². The predicted octanol–water partition coefficient (Wildman–Crippen LogP) is 11.0. The minimum absolute atomic E-state index is 0.300. The fraction of sp³-hybridized carbons (Fsp3) is 0.487. The van der Waals surface area contributed by atoms with Gasteiger partial charge in [0.2, 0.25) is 0 Å². The van der Waals surface area contributed by atoms with Crippen molar-refractivity contribution in [3.05, 3.63) is 89.5 Å². The Morgan fingerprint density at radius 1 is 0.581 bits per heavy atom. The maximum Gasteiger partial charge on any atom is 0.343 e. The van der Waals surface area contributed by atoms with E-state index in [1.54, 1.807) is 24.3 Å². The van der Waals surface area contributed by atoms with E-state index in [2.05, 4.69) is 20.8 Å². The van der Waals surface area contributed by atoms with Crippen LogP contribution in [0.15, 0.2) is 72.8 Å². The lowest BCUT2D eigenvalue weighted by atomic mass is 10.0. The molecule has 0 radical (unpaired) electrons. The third-order valence-corrected chi connectivity index (χ3v) is 8.22. The maximum atomic E-state index is 12.7. The van der Waals surface area contributed by atoms with Crippen molar-refractivity contribution >= 4 is 11.9 Å². The molecule has 3 aromatic rings. The first-order valence-corrected chi connectivity index (χ1v) is 16.7. The molecule has 1 atom stereocenters. The maximum absolute atomic E-state index is 12.7. The number of unbranched alkanes of at least 4 members (excludes halogenated alkanes) is 11. The van der Waals surface area contributed by atoms with Gasteiger partial charge in [-0.25, -0.2) is 9.59 Å². The molecule has 0 fully saturated rings. The molecule has 0 saturated heterocycles. The van der Waals surface area contributed by atoms with Gasteiger partial charge in [0, 0.05) is 0 Å². The van der Waals surface area contributed by atoms with E-state index < -0.39 is 0 Å². The van der Waals surface area contributed by atoms with Crippen molar-refractivity contribution in [3.8, 4) is 16.9 Å². The average molecular weight is 585 g/mol. The predicted molar refractivity (Wildman–Crippen MR) is 178 cm³/mol. The summed E-state index contributed by atoms with van der Waals surface area (Å²) in [4.78, 5) is 25.0. The molecule has 0 bridgehead atoms. The van der Waals surface area contributed by atoms with Gasteiger partial charge in [0.1, 0.15) is 5.75 Å². The summed E-state index contributed by atoms with van der Waals surface area (Å²) < 4.78 is 11.0. The number of benzene rings is 3. The summed E-state index contributed by atoms with van der Waals surface area (Å²) >= 11 is 0. The van der Waals surface area contributed by atoms with Crippen LogP contribution in [0.5, 0.6) is 5.75 Å². The highest BCUT2D eigenvalue weighted by Gasteiger charge is 2.11. The summed E-state index contributed by atoms with van der Waals surface area (Å²) in [6.45, 7) is 6.85. The molecule has 0 heterocycles. The molecule has 0 saturated carbocycles. The fourth-order valence-corrected chi connectivity index (χ4v) is 5.08. The monoisotopic (exact) mass is 584 g/mol. The molecule has 232 valence electrons. The second kappa shape index (κ2) is 19.7. The molecule has 0 N–H and O–H groups in total. The first-order valence-electron chi connectivity index (χ1n) is 16.7. The number of hydrogen-bond donors (Lipinski definition) is 0. The Bertz CT molecular complexity index is 1200. The third kappa shape index (κ3) is 12.8. The topological polar surface area (TPSA) is 52.6 Å². The first kappa shape index (κ1) is 34.1. The van der Waals surface area contributed by atoms with Crippen LogP contribution in [0.3, 0.4) is 0 Å². The minimum atomic E-state index is -0.357. The van der Waals surface area contributed by atoms with Gasteiger partial charge < -0.3 is 9.47 Å². The van der Waals surface area contributed by atoms with Gasteiger partial charge in [-0.2, -0.15) is 0 Å². The van der Waals surface area contributed by atoms with E-state index in [-0.39, 0.29) is 11.9 Å². The van der Waals surface area contributed by atoms with Crippen LogP contribution >= 0.6 is 0 Å². The van der Waals surface area contributed by atoms with Crippen molar-refractivity contribution in [2.75, 3.05) is 6.61 Å². The molecule has 1 unspecified atom stereocenters. The SMILES string of the molecule is CCCCCCCCCCCCCCc1ccc(C(=O)Oc2ccc(-c3ccc(C(=O)OCC(C)CC)cc3)cc2)cc1. The van der Waals surface area contributed by atoms with E-state index in [0.29, 0.717) is 29.4 Å². The molecule has 0 aliphatic rings. The Morgan fingerprint density at radius 3 is 1.58 bits per heavy atom. The van der Waals surface area contributed by atoms with Crippen molar-refractivity contribution in [2.24, 2.45) is 5.92 Å². The van der Waals surface area contributed by atoms with Crippen LogP contribution in [0.25, 0.3) is 11.1 Å². The molecule has 3 rings (SSSR count). The van der Waals surface area contributed by atoms with Crippen molar-refractivity contribution in [2.45, 2.75) is 111 Å². The number of ether oxygens (including phenoxy) is 2. The molecule has 0 spiro atoms. The van der Waals surface area contributed by atoms with Crippen LogP contribution in [0.2, 0.25) is 0 Å². The van der Waals surface area contributed by atoms with Crippen molar-refractivity contribution < 1.29 is 19.1 Å². The lowest BCUT2D eigenvalue weighted by Crippen LogP contribution is -2.11. The first-order chi connectivity index (χ1) is 21.0. The number of aryl methyl sites for hydroxylation is 1. The Balaban J connectivity index is 1.35. The number of rotatable bonds is 20. The molecule has 0 aromatic heterocycles. The highest BCUT2D eigenvalue weighted by Crippen LogP contribution is 2.24. The van der Waals surface area contributed by atoms with E-state index in [9.17, 15) is 9.59 Å². The zero-order valence-corrected chi connectivity index (χ0v) is 26.7. The molecule has 4 heteroatoms. The summed E-state index contributed by atoms with van der Waals surface area (Å²) in [5, 5.41) is 0. The third-order valence-electron chi connectivity index (χ3n) is 8.22. The average Bonchev–Trinajstić information content (AvgIpc) is 3.04. The Hall–Kier alpha value is -3.40. The van der Waals surface area contributed by atoms with Gasteiger partial charge in [0.15, 0.2) is 0 Å². The van der Waals surface area contributed by atoms with Crippen LogP contribution in [0, 0.1) is 5.92 Å². The fourth-order valence-electron chi connectivity index (χ4n) is 5.08. The summed E-state index contributed by atoms with van der Waals surface area (Å²) in [6, 6.07) is 22.6. The highest BCUT2D eigenvalue weighted by molar-refractivity contribution is 5.91. The second-order valence-corrected chi connectivity index (χ2v) is 11.9. The summed E-state index contributed by atoms with van der Waals surface area (Å²) in [7, 11) is 0. The van der Waals surface area contributed by atoms with Crippen molar-refractivity contribution in [1.82, 2.24) is 0 Å². The van der Waals surface area contributed by atoms with E-state index in [1.807, 2.05) is 48.5 Å². The quantitative estimate of drug-likeness (QED) is 0.0753. The lowest BCUT2D eigenvalue weighted by Gasteiger charge is -2.10. The lowest BCUT2D eigenvalue weighted by molar-refractivity contribution is 0.0447. The molecule has 3 aromatic carbocycles. The highest BCUT2D eigenvalue weighted by atomic mass is 16.5. The van der Waals surface area contributed by atoms with E-state index >= 15 is 0 Å². The number of hydrogen-bond acceptors (Lipinski definition) is 4. The molecule has 4 nitrogen and oxygen atoms in total. The van der Waals surface area contributed by atoms with E-state index in [1.165, 1.54) is 82.6 Å². The summed E-state index contributed by atoms with van der Waals surface area (Å²) in [5.41, 5.74) is 4.31. The normalized spacial score (nSPS) is 11.7. The second-order valence-electron chi connectivity index (χ2n) is 11.9. The van der Waals surface area contributed by atoms with Crippen molar-refractivity contribution in [3.63, 3.8) is 0 Å². The molecule has 0 amide bonds. The molecule has 0 aliphatic heterocycles. The number of carbonyl (C=O) groups is 2. The van der Waals surface area contributed by atoms with Gasteiger partial charge >= 0.3 is 11.9 Å². The van der Waals surface area contributed by atoms with Gasteiger partial charge in [0.05, 0.1) is 17.7 Å². The van der Waals surface area contributed by atoms with Gasteiger partial charge in [-0.3, -0.25) is 0 Å². The van der Waals surface area contributed by atoms with E-state index in [0.717, 1.165) is 24.0 Å². The van der Waals surface area contributed by atoms with Crippen LogP contribution in [0.1, 0.15) is 131 Å². The standard InChI is InChI=1S/C39H52O4/c1-4-6-7-8-9-10-11-12-13-14-15-16-17-32-18-20-36(21-19-32)39(41)43-37-28-26-34(27-29-37)33-22-24-35(25-23-33)38(40)42-30-31(3)5-2/h18-29,31H,4-17,30H2,1-3H3. The Kier molecular flexibility index (Phi) is 15.6. The summed E-state index contributed by atoms with van der Waals surface area (Å²) in [5.74, 6) is 0.195. The van der Waals surface area contributed by atoms with Gasteiger partial charge in [-0.05, 0) is 71.8 Å². The molecule has 0 aliphatic carbocycles. The minimum Gasteiger partial charge on any atom is -0.462 e. The number of esters is 2. The van der Waals surface area contributed by atoms with Crippen LogP contribution < -0.4 is 4.74 Å². The molecule has 43 heavy (non-hydrogen) atoms. The Labute approximate surface area is 260 Å². The van der Waals surface area contributed by atoms with Crippen LogP contribution in [0.4, 0.5) is 0 Å². The zero-order valence-electron chi connectivity index (χ0n) is 26.7. The number of carbonyl (C=O) groups excluding carboxylic acids is 2. The smallest absolute Gasteiger partial charge is 0.343 e. The van der Waals surface area contributed by atoms with Gasteiger partial charge in [-0.15, -0.1) is 0 Å². The largest absolute Gasteiger partial charge is 0.462 e. The van der Waals surface area contributed by atoms with Crippen LogP contribution in [-0.2, 0) is 11.2 Å². The molecular weight excluding hydrogens is 532 g/mol. The van der Waals surface area contributed by atoms with Crippen LogP contribution in [-0.4, -0.2) is 18.5 Å². The zero-order chi connectivity index (χ0) is 30.7.